The van der Waals surface area contributed by atoms with Gasteiger partial charge in [-0.3, -0.25) is 14.5 Å². The van der Waals surface area contributed by atoms with Crippen molar-refractivity contribution < 1.29 is 18.7 Å². The number of piperazine rings is 1. The average Bonchev–Trinajstić information content (AvgIpc) is 2.46. The minimum atomic E-state index is -0.486. The monoisotopic (exact) mass is 336 g/mol. The fourth-order valence-corrected chi connectivity index (χ4v) is 2.69. The third kappa shape index (κ3) is 5.03. The van der Waals surface area contributed by atoms with Crippen LogP contribution < -0.4 is 4.90 Å². The molecule has 2 rings (SSSR count). The molecular formula is C18H25FN2O3. The number of carbonyl (C=O) groups excluding carboxylic acids is 2. The van der Waals surface area contributed by atoms with E-state index in [0.717, 1.165) is 0 Å². The van der Waals surface area contributed by atoms with Gasteiger partial charge in [0.25, 0.3) is 0 Å². The van der Waals surface area contributed by atoms with Gasteiger partial charge in [-0.15, -0.1) is 0 Å². The van der Waals surface area contributed by atoms with Gasteiger partial charge in [0.2, 0.25) is 0 Å². The molecule has 0 unspecified atom stereocenters. The molecule has 0 radical (unpaired) electrons. The van der Waals surface area contributed by atoms with Gasteiger partial charge in [0.05, 0.1) is 12.2 Å². The Balaban J connectivity index is 1.91. The summed E-state index contributed by atoms with van der Waals surface area (Å²) in [6.45, 7) is 9.77. The Labute approximate surface area is 142 Å². The van der Waals surface area contributed by atoms with Crippen molar-refractivity contribution in [3.8, 4) is 0 Å². The summed E-state index contributed by atoms with van der Waals surface area (Å²) in [6.07, 6.45) is 0. The van der Waals surface area contributed by atoms with Gasteiger partial charge in [0, 0.05) is 31.7 Å². The Hall–Kier alpha value is -1.95. The van der Waals surface area contributed by atoms with E-state index < -0.39 is 5.60 Å². The van der Waals surface area contributed by atoms with Crippen molar-refractivity contribution in [1.29, 1.82) is 0 Å². The molecule has 24 heavy (non-hydrogen) atoms. The quantitative estimate of drug-likeness (QED) is 0.624. The zero-order valence-electron chi connectivity index (χ0n) is 14.8. The summed E-state index contributed by atoms with van der Waals surface area (Å²) in [4.78, 5) is 27.1. The van der Waals surface area contributed by atoms with Gasteiger partial charge < -0.3 is 9.64 Å². The second kappa shape index (κ2) is 7.30. The van der Waals surface area contributed by atoms with E-state index >= 15 is 0 Å². The lowest BCUT2D eigenvalue weighted by Gasteiger charge is -2.36. The molecule has 0 saturated carbocycles. The number of Topliss-reactive ketones (excluding diaryl/α,β-unsaturated/α-hetero) is 1. The van der Waals surface area contributed by atoms with E-state index in [1.54, 1.807) is 12.1 Å². The molecule has 0 bridgehead atoms. The number of nitrogens with zero attached hydrogens (tertiary/aromatic N) is 2. The van der Waals surface area contributed by atoms with Gasteiger partial charge in [-0.05, 0) is 45.9 Å². The summed E-state index contributed by atoms with van der Waals surface area (Å²) in [6, 6.07) is 4.58. The Morgan fingerprint density at radius 2 is 1.79 bits per heavy atom. The highest BCUT2D eigenvalue weighted by molar-refractivity contribution is 5.94. The van der Waals surface area contributed by atoms with Crippen molar-refractivity contribution in [2.45, 2.75) is 33.3 Å². The van der Waals surface area contributed by atoms with Gasteiger partial charge in [0.1, 0.15) is 11.4 Å². The van der Waals surface area contributed by atoms with Crippen LogP contribution in [0.3, 0.4) is 0 Å². The number of anilines is 1. The Kier molecular flexibility index (Phi) is 5.59. The van der Waals surface area contributed by atoms with Gasteiger partial charge in [-0.25, -0.2) is 4.39 Å². The van der Waals surface area contributed by atoms with Crippen molar-refractivity contribution in [1.82, 2.24) is 4.90 Å². The number of ketones is 1. The summed E-state index contributed by atoms with van der Waals surface area (Å²) in [7, 11) is 0. The smallest absolute Gasteiger partial charge is 0.320 e. The fraction of sp³-hybridized carbons (Fsp3) is 0.556. The minimum Gasteiger partial charge on any atom is -0.459 e. The average molecular weight is 336 g/mol. The van der Waals surface area contributed by atoms with Crippen LogP contribution in [0.15, 0.2) is 18.2 Å². The lowest BCUT2D eigenvalue weighted by molar-refractivity contribution is -0.156. The van der Waals surface area contributed by atoms with E-state index in [-0.39, 0.29) is 24.1 Å². The molecule has 0 N–H and O–H groups in total. The maximum absolute atomic E-state index is 14.2. The highest BCUT2D eigenvalue weighted by Gasteiger charge is 2.23. The van der Waals surface area contributed by atoms with Crippen LogP contribution in [0.1, 0.15) is 38.1 Å². The molecule has 0 aliphatic carbocycles. The topological polar surface area (TPSA) is 49.9 Å². The molecule has 0 aromatic heterocycles. The predicted octanol–water partition coefficient (Wildman–Crippen LogP) is 2.49. The van der Waals surface area contributed by atoms with E-state index in [0.29, 0.717) is 37.4 Å². The second-order valence-corrected chi connectivity index (χ2v) is 7.07. The number of ether oxygens (including phenoxy) is 1. The predicted molar refractivity (Wildman–Crippen MR) is 90.9 cm³/mol. The van der Waals surface area contributed by atoms with Crippen LogP contribution in [0.25, 0.3) is 0 Å². The first kappa shape index (κ1) is 18.4. The van der Waals surface area contributed by atoms with Crippen LogP contribution in [-0.4, -0.2) is 55.0 Å². The summed E-state index contributed by atoms with van der Waals surface area (Å²) in [5.74, 6) is -0.779. The van der Waals surface area contributed by atoms with E-state index in [4.69, 9.17) is 4.74 Å². The number of rotatable bonds is 4. The standard InChI is InChI=1S/C18H25FN2O3/c1-13(22)14-5-6-16(15(19)11-14)21-9-7-20(8-10-21)12-17(23)24-18(2,3)4/h5-6,11H,7-10,12H2,1-4H3. The van der Waals surface area contributed by atoms with Gasteiger partial charge in [0.15, 0.2) is 5.78 Å². The number of benzene rings is 1. The van der Waals surface area contributed by atoms with Crippen LogP contribution in [0.4, 0.5) is 10.1 Å². The normalized spacial score (nSPS) is 16.1. The van der Waals surface area contributed by atoms with Crippen LogP contribution in [0.2, 0.25) is 0 Å². The molecule has 1 aromatic carbocycles. The third-order valence-electron chi connectivity index (χ3n) is 3.84. The Morgan fingerprint density at radius 1 is 1.17 bits per heavy atom. The molecule has 1 fully saturated rings. The van der Waals surface area contributed by atoms with Gasteiger partial charge in [-0.1, -0.05) is 0 Å². The largest absolute Gasteiger partial charge is 0.459 e. The van der Waals surface area contributed by atoms with E-state index in [1.807, 2.05) is 30.6 Å². The zero-order chi connectivity index (χ0) is 17.9. The van der Waals surface area contributed by atoms with E-state index in [2.05, 4.69) is 0 Å². The Bertz CT molecular complexity index is 617. The van der Waals surface area contributed by atoms with Crippen molar-refractivity contribution in [3.05, 3.63) is 29.6 Å². The first-order valence-corrected chi connectivity index (χ1v) is 8.15. The first-order chi connectivity index (χ1) is 11.2. The van der Waals surface area contributed by atoms with Crippen LogP contribution in [0, 0.1) is 5.82 Å². The molecular weight excluding hydrogens is 311 g/mol. The van der Waals surface area contributed by atoms with Crippen molar-refractivity contribution >= 4 is 17.4 Å². The molecule has 1 aliphatic rings. The molecule has 1 saturated heterocycles. The molecule has 5 nitrogen and oxygen atoms in total. The highest BCUT2D eigenvalue weighted by atomic mass is 19.1. The number of hydrogen-bond acceptors (Lipinski definition) is 5. The first-order valence-electron chi connectivity index (χ1n) is 8.15. The third-order valence-corrected chi connectivity index (χ3v) is 3.84. The maximum Gasteiger partial charge on any atom is 0.320 e. The molecule has 1 aromatic rings. The molecule has 0 spiro atoms. The molecule has 0 atom stereocenters. The van der Waals surface area contributed by atoms with Crippen molar-refractivity contribution in [3.63, 3.8) is 0 Å². The zero-order valence-corrected chi connectivity index (χ0v) is 14.8. The van der Waals surface area contributed by atoms with Crippen molar-refractivity contribution in [2.24, 2.45) is 0 Å². The lowest BCUT2D eigenvalue weighted by Crippen LogP contribution is -2.49. The SMILES string of the molecule is CC(=O)c1ccc(N2CCN(CC(=O)OC(C)(C)C)CC2)c(F)c1. The summed E-state index contributed by atoms with van der Waals surface area (Å²) >= 11 is 0. The number of carbonyl (C=O) groups is 2. The summed E-state index contributed by atoms with van der Waals surface area (Å²) in [5.41, 5.74) is 0.386. The highest BCUT2D eigenvalue weighted by Crippen LogP contribution is 2.22. The fourth-order valence-electron chi connectivity index (χ4n) is 2.69. The summed E-state index contributed by atoms with van der Waals surface area (Å²) in [5, 5.41) is 0. The van der Waals surface area contributed by atoms with Crippen LogP contribution in [0.5, 0.6) is 0 Å². The van der Waals surface area contributed by atoms with E-state index in [9.17, 15) is 14.0 Å². The minimum absolute atomic E-state index is 0.150. The second-order valence-electron chi connectivity index (χ2n) is 7.07. The van der Waals surface area contributed by atoms with Gasteiger partial charge >= 0.3 is 5.97 Å². The van der Waals surface area contributed by atoms with Crippen LogP contribution >= 0.6 is 0 Å². The molecule has 1 heterocycles. The van der Waals surface area contributed by atoms with Gasteiger partial charge in [-0.2, -0.15) is 0 Å². The lowest BCUT2D eigenvalue weighted by atomic mass is 10.1. The maximum atomic E-state index is 14.2. The van der Waals surface area contributed by atoms with Crippen LogP contribution in [-0.2, 0) is 9.53 Å². The van der Waals surface area contributed by atoms with Crippen molar-refractivity contribution in [2.75, 3.05) is 37.6 Å². The molecule has 6 heteroatoms. The molecule has 1 aliphatic heterocycles. The Morgan fingerprint density at radius 3 is 2.29 bits per heavy atom. The summed E-state index contributed by atoms with van der Waals surface area (Å²) < 4.78 is 19.5. The molecule has 0 amide bonds. The number of halogens is 1. The number of esters is 1. The number of hydrogen-bond donors (Lipinski definition) is 0. The molecule has 132 valence electrons. The van der Waals surface area contributed by atoms with E-state index in [1.165, 1.54) is 13.0 Å².